The molecule has 1 radical (unpaired) electrons. The maximum atomic E-state index is 13.7. The molecule has 0 bridgehead atoms. The summed E-state index contributed by atoms with van der Waals surface area (Å²) in [6.07, 6.45) is 5.26. The molecule has 3 aliphatic heterocycles. The smallest absolute Gasteiger partial charge is 0.253 e. The Labute approximate surface area is 252 Å². The Morgan fingerprint density at radius 1 is 1.00 bits per heavy atom. The number of Topliss-reactive ketones (excluding diaryl/α,β-unsaturated/α-hetero) is 1. The second-order valence-electron chi connectivity index (χ2n) is 10.4. The predicted molar refractivity (Wildman–Crippen MR) is 146 cm³/mol. The predicted octanol–water partition coefficient (Wildman–Crippen LogP) is 2.51. The van der Waals surface area contributed by atoms with E-state index in [2.05, 4.69) is 46.8 Å². The molecule has 2 N–H and O–H groups in total. The van der Waals surface area contributed by atoms with Crippen molar-refractivity contribution >= 4 is 46.9 Å². The number of rotatable bonds is 4. The minimum atomic E-state index is -0.613. The Bertz CT molecular complexity index is 1530. The Kier molecular flexibility index (Phi) is 7.15. The third-order valence-corrected chi connectivity index (χ3v) is 7.98. The van der Waals surface area contributed by atoms with Gasteiger partial charge in [0.25, 0.3) is 5.91 Å². The fourth-order valence-electron chi connectivity index (χ4n) is 5.87. The number of hydrogen-bond donors (Lipinski definition) is 2. The van der Waals surface area contributed by atoms with Gasteiger partial charge >= 0.3 is 0 Å². The maximum Gasteiger partial charge on any atom is 0.253 e. The van der Waals surface area contributed by atoms with Crippen molar-refractivity contribution in [2.24, 2.45) is 0 Å². The van der Waals surface area contributed by atoms with E-state index in [1.54, 1.807) is 18.5 Å². The van der Waals surface area contributed by atoms with E-state index >= 15 is 0 Å². The van der Waals surface area contributed by atoms with Crippen LogP contribution in [0.1, 0.15) is 52.8 Å². The topological polar surface area (TPSA) is 146 Å². The number of aromatic nitrogens is 7. The maximum absolute atomic E-state index is 13.7. The number of fused-ring (bicyclic) bond motifs is 1. The molecule has 1 spiro atoms. The van der Waals surface area contributed by atoms with Crippen molar-refractivity contribution in [3.63, 3.8) is 0 Å². The third kappa shape index (κ3) is 4.91. The molecular weight excluding hydrogens is 521 g/mol. The van der Waals surface area contributed by atoms with Gasteiger partial charge in [-0.1, -0.05) is 0 Å². The number of benzene rings is 2. The van der Waals surface area contributed by atoms with Crippen molar-refractivity contribution in [3.8, 4) is 28.5 Å². The Balaban J connectivity index is 0.00000289. The van der Waals surface area contributed by atoms with Gasteiger partial charge in [0.15, 0.2) is 17.4 Å². The van der Waals surface area contributed by atoms with Crippen molar-refractivity contribution < 1.29 is 14.3 Å². The first-order chi connectivity index (χ1) is 19.1. The van der Waals surface area contributed by atoms with Crippen molar-refractivity contribution in [2.45, 2.75) is 37.7 Å². The molecule has 2 aromatic carbocycles. The van der Waals surface area contributed by atoms with Crippen LogP contribution >= 0.6 is 0 Å². The summed E-state index contributed by atoms with van der Waals surface area (Å²) in [4.78, 5) is 35.4. The van der Waals surface area contributed by atoms with Crippen LogP contribution in [0.2, 0.25) is 0 Å². The SMILES string of the molecule is O=C1CC2(CCN(C(=O)c3cc(-c4nc[nH]n4)cc(N4CCCC4)c3)CC2)Oc2ccc(-c3nnn[nH]3)cc21.[Na]. The third-order valence-electron chi connectivity index (χ3n) is 7.98. The Morgan fingerprint density at radius 3 is 2.55 bits per heavy atom. The zero-order valence-corrected chi connectivity index (χ0v) is 24.3. The number of carbonyl (C=O) groups is 2. The molecular formula is C27H27N9NaO3. The summed E-state index contributed by atoms with van der Waals surface area (Å²) in [6, 6.07) is 11.3. The van der Waals surface area contributed by atoms with E-state index in [0.29, 0.717) is 54.5 Å². The van der Waals surface area contributed by atoms with E-state index in [-0.39, 0.29) is 47.7 Å². The summed E-state index contributed by atoms with van der Waals surface area (Å²) in [5, 5.41) is 20.8. The average Bonchev–Trinajstić information content (AvgIpc) is 3.77. The van der Waals surface area contributed by atoms with Gasteiger partial charge in [0, 0.05) is 91.0 Å². The normalized spacial score (nSPS) is 17.9. The zero-order chi connectivity index (χ0) is 26.4. The van der Waals surface area contributed by atoms with Crippen LogP contribution in [0.15, 0.2) is 42.7 Å². The van der Waals surface area contributed by atoms with Gasteiger partial charge in [-0.15, -0.1) is 5.10 Å². The number of carbonyl (C=O) groups excluding carboxylic acids is 2. The zero-order valence-electron chi connectivity index (χ0n) is 22.3. The van der Waals surface area contributed by atoms with Crippen molar-refractivity contribution in [3.05, 3.63) is 53.9 Å². The minimum absolute atomic E-state index is 0. The number of H-pyrrole nitrogens is 2. The molecule has 7 rings (SSSR count). The molecule has 13 heteroatoms. The Morgan fingerprint density at radius 2 is 1.82 bits per heavy atom. The van der Waals surface area contributed by atoms with Crippen LogP contribution in [0, 0.1) is 0 Å². The molecule has 1 amide bonds. The second-order valence-corrected chi connectivity index (χ2v) is 10.4. The van der Waals surface area contributed by atoms with Gasteiger partial charge in [0.2, 0.25) is 0 Å². The van der Waals surface area contributed by atoms with Crippen LogP contribution in [0.5, 0.6) is 5.75 Å². The van der Waals surface area contributed by atoms with E-state index in [9.17, 15) is 9.59 Å². The van der Waals surface area contributed by atoms with E-state index in [0.717, 1.165) is 42.7 Å². The number of nitrogens with one attached hydrogen (secondary N) is 2. The molecule has 2 saturated heterocycles. The summed E-state index contributed by atoms with van der Waals surface area (Å²) < 4.78 is 6.44. The molecule has 2 fully saturated rings. The Hall–Kier alpha value is -3.61. The first-order valence-corrected chi connectivity index (χ1v) is 13.2. The first-order valence-electron chi connectivity index (χ1n) is 13.2. The molecule has 0 aliphatic carbocycles. The summed E-state index contributed by atoms with van der Waals surface area (Å²) >= 11 is 0. The van der Waals surface area contributed by atoms with E-state index in [1.807, 2.05) is 23.1 Å². The van der Waals surface area contributed by atoms with Crippen LogP contribution in [0.4, 0.5) is 5.69 Å². The van der Waals surface area contributed by atoms with Crippen LogP contribution in [-0.2, 0) is 0 Å². The molecule has 12 nitrogen and oxygen atoms in total. The van der Waals surface area contributed by atoms with Gasteiger partial charge in [-0.3, -0.25) is 14.7 Å². The number of aromatic amines is 2. The number of piperidine rings is 1. The molecule has 3 aliphatic rings. The largest absolute Gasteiger partial charge is 0.486 e. The van der Waals surface area contributed by atoms with Gasteiger partial charge in [-0.05, 0) is 59.7 Å². The summed E-state index contributed by atoms with van der Waals surface area (Å²) in [5.74, 6) is 1.63. The molecule has 0 atom stereocenters. The number of anilines is 1. The molecule has 4 aromatic rings. The second kappa shape index (κ2) is 10.8. The first kappa shape index (κ1) is 26.6. The van der Waals surface area contributed by atoms with Crippen molar-refractivity contribution in [1.82, 2.24) is 40.7 Å². The number of ether oxygens (including phenoxy) is 1. The van der Waals surface area contributed by atoms with Crippen LogP contribution in [0.3, 0.4) is 0 Å². The quantitative estimate of drug-likeness (QED) is 0.367. The number of likely N-dealkylation sites (tertiary alicyclic amines) is 1. The summed E-state index contributed by atoms with van der Waals surface area (Å²) in [6.45, 7) is 2.96. The van der Waals surface area contributed by atoms with Crippen LogP contribution in [-0.4, -0.2) is 114 Å². The number of tetrazole rings is 1. The summed E-state index contributed by atoms with van der Waals surface area (Å²) in [7, 11) is 0. The fourth-order valence-corrected chi connectivity index (χ4v) is 5.87. The molecule has 2 aromatic heterocycles. The average molecular weight is 549 g/mol. The summed E-state index contributed by atoms with van der Waals surface area (Å²) in [5.41, 5.74) is 3.10. The molecule has 0 saturated carbocycles. The monoisotopic (exact) mass is 548 g/mol. The molecule has 0 unspecified atom stereocenters. The van der Waals surface area contributed by atoms with Gasteiger partial charge in [0.05, 0.1) is 12.0 Å². The van der Waals surface area contributed by atoms with Gasteiger partial charge < -0.3 is 14.5 Å². The molecule has 40 heavy (non-hydrogen) atoms. The number of ketones is 1. The van der Waals surface area contributed by atoms with E-state index in [4.69, 9.17) is 4.74 Å². The van der Waals surface area contributed by atoms with E-state index < -0.39 is 5.60 Å². The standard InChI is InChI=1S/C27H27N9O3.Na/c37-22-15-27(39-23-4-3-17(14-21(22)23)25-31-33-34-32-25)5-9-36(10-6-27)26(38)19-11-18(24-28-16-29-30-24)12-20(13-19)35-7-1-2-8-35;/h3-4,11-14,16H,1-2,5-10,15H2,(H,28,29,30)(H,31,32,33,34);. The van der Waals surface area contributed by atoms with E-state index in [1.165, 1.54) is 0 Å². The van der Waals surface area contributed by atoms with Gasteiger partial charge in [-0.2, -0.15) is 5.10 Å². The number of hydrogen-bond acceptors (Lipinski definition) is 9. The molecule has 199 valence electrons. The van der Waals surface area contributed by atoms with Crippen molar-refractivity contribution in [1.29, 1.82) is 0 Å². The van der Waals surface area contributed by atoms with Crippen LogP contribution < -0.4 is 9.64 Å². The van der Waals surface area contributed by atoms with Gasteiger partial charge in [-0.25, -0.2) is 10.1 Å². The van der Waals surface area contributed by atoms with Crippen molar-refractivity contribution in [2.75, 3.05) is 31.1 Å². The van der Waals surface area contributed by atoms with Crippen LogP contribution in [0.25, 0.3) is 22.8 Å². The molecule has 5 heterocycles. The van der Waals surface area contributed by atoms with Gasteiger partial charge in [0.1, 0.15) is 17.7 Å². The fraction of sp³-hybridized carbons (Fsp3) is 0.370. The minimum Gasteiger partial charge on any atom is -0.486 e. The number of amides is 1. The number of nitrogens with zero attached hydrogens (tertiary/aromatic N) is 7.